The van der Waals surface area contributed by atoms with E-state index in [0.717, 1.165) is 24.8 Å². The molecule has 118 valence electrons. The lowest BCUT2D eigenvalue weighted by Crippen LogP contribution is -2.30. The highest BCUT2D eigenvalue weighted by Crippen LogP contribution is 2.25. The van der Waals surface area contributed by atoms with Crippen LogP contribution in [0.2, 0.25) is 0 Å². The maximum atomic E-state index is 5.89. The maximum Gasteiger partial charge on any atom is 0.119 e. The van der Waals surface area contributed by atoms with Crippen LogP contribution < -0.4 is 10.1 Å². The van der Waals surface area contributed by atoms with Gasteiger partial charge in [0.25, 0.3) is 0 Å². The molecule has 1 atom stereocenters. The molecule has 2 heteroatoms. The predicted octanol–water partition coefficient (Wildman–Crippen LogP) is 4.36. The van der Waals surface area contributed by atoms with Gasteiger partial charge in [-0.25, -0.2) is 0 Å². The standard InChI is InChI=1S/C19H31NO/c1-15(2)8-9-16(3)20-12-13-21-19-11-10-17-6-4-5-7-18(17)14-19/h10-11,14-16,20H,4-9,12-13H2,1-3H3. The van der Waals surface area contributed by atoms with Crippen molar-refractivity contribution < 1.29 is 4.74 Å². The Bertz CT molecular complexity index is 428. The Morgan fingerprint density at radius 2 is 1.81 bits per heavy atom. The van der Waals surface area contributed by atoms with Crippen molar-refractivity contribution in [2.45, 2.75) is 65.3 Å². The largest absolute Gasteiger partial charge is 0.492 e. The van der Waals surface area contributed by atoms with E-state index in [0.29, 0.717) is 6.04 Å². The van der Waals surface area contributed by atoms with Gasteiger partial charge in [-0.15, -0.1) is 0 Å². The van der Waals surface area contributed by atoms with Crippen molar-refractivity contribution >= 4 is 0 Å². The summed E-state index contributed by atoms with van der Waals surface area (Å²) in [5.74, 6) is 1.83. The molecule has 0 heterocycles. The summed E-state index contributed by atoms with van der Waals surface area (Å²) in [6, 6.07) is 7.21. The van der Waals surface area contributed by atoms with E-state index in [2.05, 4.69) is 44.3 Å². The molecule has 0 radical (unpaired) electrons. The Labute approximate surface area is 130 Å². The van der Waals surface area contributed by atoms with Crippen LogP contribution in [0.15, 0.2) is 18.2 Å². The molecule has 0 saturated heterocycles. The average molecular weight is 289 g/mol. The van der Waals surface area contributed by atoms with E-state index in [1.807, 2.05) is 0 Å². The highest BCUT2D eigenvalue weighted by atomic mass is 16.5. The van der Waals surface area contributed by atoms with E-state index in [1.54, 1.807) is 0 Å². The highest BCUT2D eigenvalue weighted by Gasteiger charge is 2.09. The van der Waals surface area contributed by atoms with Crippen LogP contribution in [-0.4, -0.2) is 19.2 Å². The number of benzene rings is 1. The van der Waals surface area contributed by atoms with Gasteiger partial charge in [-0.2, -0.15) is 0 Å². The first kappa shape index (κ1) is 16.4. The quantitative estimate of drug-likeness (QED) is 0.718. The minimum atomic E-state index is 0.583. The summed E-state index contributed by atoms with van der Waals surface area (Å²) in [6.07, 6.45) is 7.66. The molecule has 1 unspecified atom stereocenters. The van der Waals surface area contributed by atoms with Gasteiger partial charge in [0.05, 0.1) is 0 Å². The van der Waals surface area contributed by atoms with E-state index in [1.165, 1.54) is 49.7 Å². The fraction of sp³-hybridized carbons (Fsp3) is 0.684. The second kappa shape index (κ2) is 8.43. The topological polar surface area (TPSA) is 21.3 Å². The van der Waals surface area contributed by atoms with Gasteiger partial charge in [0.2, 0.25) is 0 Å². The number of ether oxygens (including phenoxy) is 1. The average Bonchev–Trinajstić information content (AvgIpc) is 2.49. The maximum absolute atomic E-state index is 5.89. The molecule has 1 aromatic rings. The van der Waals surface area contributed by atoms with E-state index in [9.17, 15) is 0 Å². The Hall–Kier alpha value is -1.02. The minimum absolute atomic E-state index is 0.583. The van der Waals surface area contributed by atoms with Gasteiger partial charge >= 0.3 is 0 Å². The van der Waals surface area contributed by atoms with Crippen LogP contribution in [0.1, 0.15) is 57.6 Å². The molecule has 2 rings (SSSR count). The number of aryl methyl sites for hydroxylation is 2. The summed E-state index contributed by atoms with van der Waals surface area (Å²) >= 11 is 0. The zero-order valence-electron chi connectivity index (χ0n) is 14.0. The highest BCUT2D eigenvalue weighted by molar-refractivity contribution is 5.37. The lowest BCUT2D eigenvalue weighted by Gasteiger charge is -2.18. The third-order valence-corrected chi connectivity index (χ3v) is 4.36. The first-order valence-electron chi connectivity index (χ1n) is 8.63. The first-order chi connectivity index (χ1) is 10.1. The van der Waals surface area contributed by atoms with Crippen LogP contribution in [0.3, 0.4) is 0 Å². The van der Waals surface area contributed by atoms with E-state index >= 15 is 0 Å². The molecule has 0 spiro atoms. The molecule has 0 amide bonds. The van der Waals surface area contributed by atoms with Crippen LogP contribution in [-0.2, 0) is 12.8 Å². The van der Waals surface area contributed by atoms with Crippen LogP contribution in [0.5, 0.6) is 5.75 Å². The fourth-order valence-corrected chi connectivity index (χ4v) is 2.96. The first-order valence-corrected chi connectivity index (χ1v) is 8.63. The van der Waals surface area contributed by atoms with Gasteiger partial charge in [0, 0.05) is 12.6 Å². The third-order valence-electron chi connectivity index (χ3n) is 4.36. The van der Waals surface area contributed by atoms with Crippen molar-refractivity contribution in [3.05, 3.63) is 29.3 Å². The van der Waals surface area contributed by atoms with E-state index < -0.39 is 0 Å². The molecule has 1 aliphatic carbocycles. The lowest BCUT2D eigenvalue weighted by molar-refractivity contribution is 0.302. The van der Waals surface area contributed by atoms with Gasteiger partial charge in [-0.05, 0) is 74.6 Å². The van der Waals surface area contributed by atoms with Crippen LogP contribution in [0, 0.1) is 5.92 Å². The zero-order valence-corrected chi connectivity index (χ0v) is 14.0. The van der Waals surface area contributed by atoms with E-state index in [-0.39, 0.29) is 0 Å². The number of fused-ring (bicyclic) bond motifs is 1. The number of rotatable bonds is 8. The Kier molecular flexibility index (Phi) is 6.56. The van der Waals surface area contributed by atoms with Crippen LogP contribution in [0.25, 0.3) is 0 Å². The van der Waals surface area contributed by atoms with Crippen molar-refractivity contribution in [3.63, 3.8) is 0 Å². The van der Waals surface area contributed by atoms with E-state index in [4.69, 9.17) is 4.74 Å². The molecule has 1 aromatic carbocycles. The SMILES string of the molecule is CC(C)CCC(C)NCCOc1ccc2c(c1)CCCC2. The van der Waals surface area contributed by atoms with Gasteiger partial charge in [-0.3, -0.25) is 0 Å². The predicted molar refractivity (Wildman–Crippen MR) is 90.1 cm³/mol. The number of nitrogens with one attached hydrogen (secondary N) is 1. The van der Waals surface area contributed by atoms with Crippen molar-refractivity contribution in [1.82, 2.24) is 5.32 Å². The Morgan fingerprint density at radius 3 is 2.57 bits per heavy atom. The van der Waals surface area contributed by atoms with Crippen molar-refractivity contribution in [1.29, 1.82) is 0 Å². The molecule has 2 nitrogen and oxygen atoms in total. The third kappa shape index (κ3) is 5.70. The summed E-state index contributed by atoms with van der Waals surface area (Å²) in [4.78, 5) is 0. The normalized spacial score (nSPS) is 15.8. The fourth-order valence-electron chi connectivity index (χ4n) is 2.96. The summed E-state index contributed by atoms with van der Waals surface area (Å²) < 4.78 is 5.89. The van der Waals surface area contributed by atoms with Crippen molar-refractivity contribution in [2.24, 2.45) is 5.92 Å². The summed E-state index contributed by atoms with van der Waals surface area (Å²) in [7, 11) is 0. The summed E-state index contributed by atoms with van der Waals surface area (Å²) in [5, 5.41) is 3.55. The number of hydrogen-bond acceptors (Lipinski definition) is 2. The molecule has 0 saturated carbocycles. The smallest absolute Gasteiger partial charge is 0.119 e. The van der Waals surface area contributed by atoms with Gasteiger partial charge in [0.15, 0.2) is 0 Å². The van der Waals surface area contributed by atoms with Crippen LogP contribution in [0.4, 0.5) is 0 Å². The van der Waals surface area contributed by atoms with Gasteiger partial charge in [0.1, 0.15) is 12.4 Å². The monoisotopic (exact) mass is 289 g/mol. The molecular formula is C19H31NO. The summed E-state index contributed by atoms with van der Waals surface area (Å²) in [5.41, 5.74) is 3.02. The number of hydrogen-bond donors (Lipinski definition) is 1. The molecule has 0 aromatic heterocycles. The van der Waals surface area contributed by atoms with Crippen molar-refractivity contribution in [3.8, 4) is 5.75 Å². The second-order valence-corrected chi connectivity index (χ2v) is 6.81. The molecule has 0 aliphatic heterocycles. The molecule has 21 heavy (non-hydrogen) atoms. The molecule has 1 aliphatic rings. The molecular weight excluding hydrogens is 258 g/mol. The Balaban J connectivity index is 1.67. The molecule has 0 bridgehead atoms. The van der Waals surface area contributed by atoms with Crippen LogP contribution >= 0.6 is 0 Å². The minimum Gasteiger partial charge on any atom is -0.492 e. The molecule has 0 fully saturated rings. The Morgan fingerprint density at radius 1 is 1.05 bits per heavy atom. The summed E-state index contributed by atoms with van der Waals surface area (Å²) in [6.45, 7) is 8.51. The second-order valence-electron chi connectivity index (χ2n) is 6.81. The molecule has 1 N–H and O–H groups in total. The lowest BCUT2D eigenvalue weighted by atomic mass is 9.92. The van der Waals surface area contributed by atoms with Gasteiger partial charge in [-0.1, -0.05) is 19.9 Å². The van der Waals surface area contributed by atoms with Crippen molar-refractivity contribution in [2.75, 3.05) is 13.2 Å². The zero-order chi connectivity index (χ0) is 15.1. The van der Waals surface area contributed by atoms with Gasteiger partial charge < -0.3 is 10.1 Å².